The Balaban J connectivity index is 2.42. The number of anilines is 1. The standard InChI is InChI=1S/C11H19N3O2S/c1-7-8(2)17-11(13-7)14-10(15)9(12)5-4-6-16-3/h9H,4-6,12H2,1-3H3,(H,13,14,15). The molecular weight excluding hydrogens is 238 g/mol. The van der Waals surface area contributed by atoms with Crippen molar-refractivity contribution in [2.45, 2.75) is 32.7 Å². The summed E-state index contributed by atoms with van der Waals surface area (Å²) in [7, 11) is 1.63. The number of nitrogens with one attached hydrogen (secondary N) is 1. The molecule has 0 aliphatic heterocycles. The molecule has 17 heavy (non-hydrogen) atoms. The molecule has 0 aromatic carbocycles. The van der Waals surface area contributed by atoms with Crippen molar-refractivity contribution < 1.29 is 9.53 Å². The Morgan fingerprint density at radius 2 is 2.29 bits per heavy atom. The van der Waals surface area contributed by atoms with Crippen LogP contribution in [0.3, 0.4) is 0 Å². The first-order chi connectivity index (χ1) is 8.04. The molecule has 1 unspecified atom stereocenters. The SMILES string of the molecule is COCCCC(N)C(=O)Nc1nc(C)c(C)s1. The summed E-state index contributed by atoms with van der Waals surface area (Å²) in [5.74, 6) is -0.185. The first kappa shape index (κ1) is 14.1. The zero-order valence-electron chi connectivity index (χ0n) is 10.4. The first-order valence-electron chi connectivity index (χ1n) is 5.54. The number of carbonyl (C=O) groups is 1. The molecule has 0 aliphatic rings. The zero-order chi connectivity index (χ0) is 12.8. The van der Waals surface area contributed by atoms with Crippen LogP contribution in [0.1, 0.15) is 23.4 Å². The van der Waals surface area contributed by atoms with Gasteiger partial charge >= 0.3 is 0 Å². The summed E-state index contributed by atoms with van der Waals surface area (Å²) in [6.07, 6.45) is 1.39. The second kappa shape index (κ2) is 6.68. The van der Waals surface area contributed by atoms with Crippen LogP contribution >= 0.6 is 11.3 Å². The maximum Gasteiger partial charge on any atom is 0.243 e. The number of methoxy groups -OCH3 is 1. The van der Waals surface area contributed by atoms with Gasteiger partial charge in [-0.3, -0.25) is 4.79 Å². The summed E-state index contributed by atoms with van der Waals surface area (Å²) < 4.78 is 4.91. The Morgan fingerprint density at radius 1 is 1.59 bits per heavy atom. The lowest BCUT2D eigenvalue weighted by Gasteiger charge is -2.09. The third kappa shape index (κ3) is 4.41. The maximum absolute atomic E-state index is 11.7. The van der Waals surface area contributed by atoms with Crippen molar-refractivity contribution in [2.24, 2.45) is 5.73 Å². The van der Waals surface area contributed by atoms with Gasteiger partial charge in [0.15, 0.2) is 5.13 Å². The fourth-order valence-electron chi connectivity index (χ4n) is 1.30. The van der Waals surface area contributed by atoms with Crippen molar-refractivity contribution in [3.05, 3.63) is 10.6 Å². The van der Waals surface area contributed by atoms with Gasteiger partial charge in [0.2, 0.25) is 5.91 Å². The number of hydrogen-bond acceptors (Lipinski definition) is 5. The molecule has 6 heteroatoms. The highest BCUT2D eigenvalue weighted by Gasteiger charge is 2.15. The summed E-state index contributed by atoms with van der Waals surface area (Å²) in [5.41, 5.74) is 6.70. The summed E-state index contributed by atoms with van der Waals surface area (Å²) >= 11 is 1.47. The van der Waals surface area contributed by atoms with E-state index < -0.39 is 6.04 Å². The predicted molar refractivity (Wildman–Crippen MR) is 69.3 cm³/mol. The van der Waals surface area contributed by atoms with Crippen molar-refractivity contribution in [1.82, 2.24) is 4.98 Å². The van der Waals surface area contributed by atoms with Gasteiger partial charge < -0.3 is 15.8 Å². The number of aryl methyl sites for hydroxylation is 2. The molecule has 0 fully saturated rings. The third-order valence-corrected chi connectivity index (χ3v) is 3.45. The van der Waals surface area contributed by atoms with Crippen LogP contribution < -0.4 is 11.1 Å². The molecule has 1 aromatic rings. The van der Waals surface area contributed by atoms with Gasteiger partial charge in [0.25, 0.3) is 0 Å². The second-order valence-electron chi connectivity index (χ2n) is 3.89. The number of nitrogens with two attached hydrogens (primary N) is 1. The maximum atomic E-state index is 11.7. The van der Waals surface area contributed by atoms with Crippen LogP contribution in [0.4, 0.5) is 5.13 Å². The minimum Gasteiger partial charge on any atom is -0.385 e. The highest BCUT2D eigenvalue weighted by Crippen LogP contribution is 2.21. The van der Waals surface area contributed by atoms with E-state index in [0.717, 1.165) is 17.0 Å². The van der Waals surface area contributed by atoms with Gasteiger partial charge in [0.1, 0.15) is 0 Å². The van der Waals surface area contributed by atoms with Crippen molar-refractivity contribution in [1.29, 1.82) is 0 Å². The molecule has 1 amide bonds. The van der Waals surface area contributed by atoms with E-state index in [1.165, 1.54) is 11.3 Å². The van der Waals surface area contributed by atoms with Gasteiger partial charge in [-0.15, -0.1) is 11.3 Å². The quantitative estimate of drug-likeness (QED) is 0.756. The predicted octanol–water partition coefficient (Wildman–Crippen LogP) is 1.45. The lowest BCUT2D eigenvalue weighted by atomic mass is 10.1. The molecule has 1 rings (SSSR count). The average Bonchev–Trinajstić information content (AvgIpc) is 2.58. The molecule has 1 heterocycles. The molecule has 3 N–H and O–H groups in total. The Kier molecular flexibility index (Phi) is 5.54. The van der Waals surface area contributed by atoms with Gasteiger partial charge in [0.05, 0.1) is 11.7 Å². The van der Waals surface area contributed by atoms with Gasteiger partial charge in [0, 0.05) is 18.6 Å². The lowest BCUT2D eigenvalue weighted by molar-refractivity contribution is -0.117. The normalized spacial score (nSPS) is 12.5. The zero-order valence-corrected chi connectivity index (χ0v) is 11.3. The fourth-order valence-corrected chi connectivity index (χ4v) is 2.12. The van der Waals surface area contributed by atoms with Crippen molar-refractivity contribution >= 4 is 22.4 Å². The van der Waals surface area contributed by atoms with Crippen LogP contribution in [0.5, 0.6) is 0 Å². The van der Waals surface area contributed by atoms with Crippen LogP contribution in [0.15, 0.2) is 0 Å². The molecule has 1 aromatic heterocycles. The number of carbonyl (C=O) groups excluding carboxylic acids is 1. The summed E-state index contributed by atoms with van der Waals surface area (Å²) in [4.78, 5) is 17.1. The topological polar surface area (TPSA) is 77.2 Å². The Hall–Kier alpha value is -0.980. The van der Waals surface area contributed by atoms with Crippen LogP contribution in [-0.4, -0.2) is 30.6 Å². The summed E-state index contributed by atoms with van der Waals surface area (Å²) in [6.45, 7) is 4.51. The average molecular weight is 257 g/mol. The van der Waals surface area contributed by atoms with E-state index in [2.05, 4.69) is 10.3 Å². The van der Waals surface area contributed by atoms with E-state index in [1.54, 1.807) is 7.11 Å². The number of nitrogens with zero attached hydrogens (tertiary/aromatic N) is 1. The second-order valence-corrected chi connectivity index (χ2v) is 5.09. The molecule has 0 bridgehead atoms. The Morgan fingerprint density at radius 3 is 2.82 bits per heavy atom. The molecule has 0 radical (unpaired) electrons. The summed E-state index contributed by atoms with van der Waals surface area (Å²) in [6, 6.07) is -0.505. The van der Waals surface area contributed by atoms with E-state index >= 15 is 0 Å². The van der Waals surface area contributed by atoms with Gasteiger partial charge in [-0.1, -0.05) is 0 Å². The monoisotopic (exact) mass is 257 g/mol. The van der Waals surface area contributed by atoms with Crippen LogP contribution in [0.25, 0.3) is 0 Å². The molecule has 0 aliphatic carbocycles. The van der Waals surface area contributed by atoms with E-state index in [4.69, 9.17) is 10.5 Å². The van der Waals surface area contributed by atoms with Crippen molar-refractivity contribution in [3.63, 3.8) is 0 Å². The number of aromatic nitrogens is 1. The van der Waals surface area contributed by atoms with Crippen LogP contribution in [-0.2, 0) is 9.53 Å². The van der Waals surface area contributed by atoms with Gasteiger partial charge in [-0.25, -0.2) is 4.98 Å². The summed E-state index contributed by atoms with van der Waals surface area (Å²) in [5, 5.41) is 3.35. The third-order valence-electron chi connectivity index (χ3n) is 2.46. The number of hydrogen-bond donors (Lipinski definition) is 2. The smallest absolute Gasteiger partial charge is 0.243 e. The molecule has 96 valence electrons. The number of thiazole rings is 1. The fraction of sp³-hybridized carbons (Fsp3) is 0.636. The molecule has 0 spiro atoms. The largest absolute Gasteiger partial charge is 0.385 e. The number of ether oxygens (including phenoxy) is 1. The van der Waals surface area contributed by atoms with E-state index in [9.17, 15) is 4.79 Å². The van der Waals surface area contributed by atoms with Crippen LogP contribution in [0.2, 0.25) is 0 Å². The number of rotatable bonds is 6. The van der Waals surface area contributed by atoms with E-state index in [0.29, 0.717) is 18.2 Å². The first-order valence-corrected chi connectivity index (χ1v) is 6.35. The van der Waals surface area contributed by atoms with Crippen molar-refractivity contribution in [2.75, 3.05) is 19.0 Å². The Labute approximate surface area is 105 Å². The Bertz CT molecular complexity index is 359. The highest BCUT2D eigenvalue weighted by molar-refractivity contribution is 7.15. The van der Waals surface area contributed by atoms with E-state index in [-0.39, 0.29) is 5.91 Å². The highest BCUT2D eigenvalue weighted by atomic mass is 32.1. The van der Waals surface area contributed by atoms with E-state index in [1.807, 2.05) is 13.8 Å². The lowest BCUT2D eigenvalue weighted by Crippen LogP contribution is -2.35. The number of amides is 1. The van der Waals surface area contributed by atoms with Gasteiger partial charge in [-0.05, 0) is 26.7 Å². The molecule has 0 saturated carbocycles. The van der Waals surface area contributed by atoms with Gasteiger partial charge in [-0.2, -0.15) is 0 Å². The minimum absolute atomic E-state index is 0.185. The molecule has 1 atom stereocenters. The molecule has 5 nitrogen and oxygen atoms in total. The van der Waals surface area contributed by atoms with Crippen molar-refractivity contribution in [3.8, 4) is 0 Å². The van der Waals surface area contributed by atoms with Crippen LogP contribution in [0, 0.1) is 13.8 Å². The molecular formula is C11H19N3O2S. The minimum atomic E-state index is -0.505. The molecule has 0 saturated heterocycles.